The molecular weight excluding hydrogens is 811 g/mol. The lowest BCUT2D eigenvalue weighted by Crippen LogP contribution is -2.56. The van der Waals surface area contributed by atoms with Crippen molar-refractivity contribution in [1.82, 2.24) is 30.4 Å². The van der Waals surface area contributed by atoms with Crippen molar-refractivity contribution in [2.24, 2.45) is 22.2 Å². The second-order valence-electron chi connectivity index (χ2n) is 19.2. The second-order valence-corrected chi connectivity index (χ2v) is 24.3. The number of aliphatic imine (C=N–C) groups is 1. The van der Waals surface area contributed by atoms with Crippen LogP contribution in [0.3, 0.4) is 0 Å². The van der Waals surface area contributed by atoms with Gasteiger partial charge in [-0.2, -0.15) is 0 Å². The van der Waals surface area contributed by atoms with E-state index in [0.29, 0.717) is 12.7 Å². The van der Waals surface area contributed by atoms with Crippen LogP contribution >= 0.6 is 0 Å². The van der Waals surface area contributed by atoms with Gasteiger partial charge < -0.3 is 34.9 Å². The molecule has 4 heterocycles. The van der Waals surface area contributed by atoms with Gasteiger partial charge in [-0.15, -0.1) is 0 Å². The van der Waals surface area contributed by atoms with E-state index in [1.165, 1.54) is 19.8 Å². The highest BCUT2D eigenvalue weighted by atomic mass is 28.3. The van der Waals surface area contributed by atoms with E-state index in [1.54, 1.807) is 0 Å². The summed E-state index contributed by atoms with van der Waals surface area (Å²) in [6.07, 6.45) is 8.20. The van der Waals surface area contributed by atoms with Gasteiger partial charge in [-0.3, -0.25) is 14.6 Å². The fourth-order valence-electron chi connectivity index (χ4n) is 10.4. The van der Waals surface area contributed by atoms with E-state index < -0.39 is 32.3 Å². The van der Waals surface area contributed by atoms with Gasteiger partial charge >= 0.3 is 12.2 Å². The Morgan fingerprint density at radius 1 is 0.778 bits per heavy atom. The topological polar surface area (TPSA) is 158 Å². The van der Waals surface area contributed by atoms with Gasteiger partial charge in [0.25, 0.3) is 0 Å². The Balaban J connectivity index is 1.03. The summed E-state index contributed by atoms with van der Waals surface area (Å²) in [6.45, 7) is 13.0. The summed E-state index contributed by atoms with van der Waals surface area (Å²) in [5.41, 5.74) is 7.36. The van der Waals surface area contributed by atoms with Crippen LogP contribution in [0, 0.1) is 17.3 Å². The van der Waals surface area contributed by atoms with Crippen LogP contribution in [0.5, 0.6) is 0 Å². The smallest absolute Gasteiger partial charge is 0.407 e. The van der Waals surface area contributed by atoms with Crippen molar-refractivity contribution in [2.45, 2.75) is 103 Å². The van der Waals surface area contributed by atoms with Gasteiger partial charge in [0.2, 0.25) is 11.8 Å². The van der Waals surface area contributed by atoms with Gasteiger partial charge in [0.05, 0.1) is 52.0 Å². The first-order valence-corrected chi connectivity index (χ1v) is 25.8. The second kappa shape index (κ2) is 17.4. The molecule has 3 aliphatic heterocycles. The lowest BCUT2D eigenvalue weighted by molar-refractivity contribution is -0.135. The molecular formula is C49H61N7O6Si. The average Bonchev–Trinajstić information content (AvgIpc) is 4.08. The third-order valence-electron chi connectivity index (χ3n) is 13.8. The van der Waals surface area contributed by atoms with Gasteiger partial charge in [0.1, 0.15) is 17.9 Å². The number of hydrogen-bond donors (Lipinski definition) is 3. The molecule has 63 heavy (non-hydrogen) atoms. The fourth-order valence-corrected chi connectivity index (χ4v) is 13.3. The first kappa shape index (κ1) is 43.9. The summed E-state index contributed by atoms with van der Waals surface area (Å²) >= 11 is 0. The number of methoxy groups -OCH3 is 2. The molecule has 8 rings (SSSR count). The minimum atomic E-state index is -1.79. The van der Waals surface area contributed by atoms with Crippen LogP contribution in [-0.2, 0) is 19.1 Å². The molecule has 1 saturated carbocycles. The van der Waals surface area contributed by atoms with Gasteiger partial charge in [0, 0.05) is 29.9 Å². The summed E-state index contributed by atoms with van der Waals surface area (Å²) in [6, 6.07) is 20.7. The largest absolute Gasteiger partial charge is 0.453 e. The Labute approximate surface area is 371 Å². The first-order valence-electron chi connectivity index (χ1n) is 22.4. The van der Waals surface area contributed by atoms with Gasteiger partial charge in [-0.25, -0.2) is 14.6 Å². The van der Waals surface area contributed by atoms with Crippen molar-refractivity contribution in [3.8, 4) is 22.4 Å². The number of H-pyrrole nitrogens is 1. The lowest BCUT2D eigenvalue weighted by Gasteiger charge is -2.45. The number of aromatic amines is 1. The molecule has 4 aromatic rings. The van der Waals surface area contributed by atoms with E-state index in [0.717, 1.165) is 88.4 Å². The third kappa shape index (κ3) is 8.18. The molecule has 0 bridgehead atoms. The number of likely N-dealkylation sites (tertiary alicyclic amines) is 1. The molecule has 1 aromatic heterocycles. The molecule has 2 saturated heterocycles. The summed E-state index contributed by atoms with van der Waals surface area (Å²) in [4.78, 5) is 69.9. The molecule has 1 aliphatic carbocycles. The van der Waals surface area contributed by atoms with Crippen molar-refractivity contribution in [3.05, 3.63) is 84.4 Å². The minimum Gasteiger partial charge on any atom is -0.453 e. The Hall–Kier alpha value is -5.76. The minimum absolute atomic E-state index is 0.0804. The van der Waals surface area contributed by atoms with Gasteiger partial charge in [-0.1, -0.05) is 108 Å². The number of benzene rings is 3. The zero-order chi connectivity index (χ0) is 44.8. The van der Waals surface area contributed by atoms with Crippen molar-refractivity contribution in [2.75, 3.05) is 26.9 Å². The summed E-state index contributed by atoms with van der Waals surface area (Å²) in [5, 5.41) is 7.75. The van der Waals surface area contributed by atoms with Gasteiger partial charge in [0.15, 0.2) is 0 Å². The molecule has 4 amide bonds. The van der Waals surface area contributed by atoms with Crippen LogP contribution in [0.15, 0.2) is 78.1 Å². The van der Waals surface area contributed by atoms with E-state index in [1.807, 2.05) is 49.9 Å². The molecule has 3 aromatic carbocycles. The predicted molar refractivity (Wildman–Crippen MR) is 248 cm³/mol. The molecule has 13 nitrogen and oxygen atoms in total. The number of fused-ring (bicyclic) bond motifs is 1. The number of alkyl carbamates (subject to hydrolysis) is 2. The van der Waals surface area contributed by atoms with Crippen LogP contribution in [0.25, 0.3) is 38.7 Å². The lowest BCUT2D eigenvalue weighted by atomic mass is 9.59. The zero-order valence-corrected chi connectivity index (χ0v) is 38.8. The number of rotatable bonds is 11. The highest BCUT2D eigenvalue weighted by Crippen LogP contribution is 2.56. The fraction of sp³-hybridized carbons (Fsp3) is 0.469. The summed E-state index contributed by atoms with van der Waals surface area (Å²) in [7, 11) is 0.836. The quantitative estimate of drug-likeness (QED) is 0.127. The average molecular weight is 872 g/mol. The normalized spacial score (nSPS) is 21.0. The molecule has 4 atom stereocenters. The van der Waals surface area contributed by atoms with Crippen molar-refractivity contribution in [3.63, 3.8) is 0 Å². The van der Waals surface area contributed by atoms with Crippen LogP contribution in [0.4, 0.5) is 9.59 Å². The maximum Gasteiger partial charge on any atom is 0.407 e. The van der Waals surface area contributed by atoms with Crippen molar-refractivity contribution in [1.29, 1.82) is 0 Å². The third-order valence-corrected chi connectivity index (χ3v) is 16.5. The van der Waals surface area contributed by atoms with Crippen LogP contribution in [-0.4, -0.2) is 103 Å². The Morgan fingerprint density at radius 2 is 1.37 bits per heavy atom. The monoisotopic (exact) mass is 871 g/mol. The summed E-state index contributed by atoms with van der Waals surface area (Å²) < 4.78 is 9.70. The number of nitrogens with one attached hydrogen (secondary N) is 3. The number of allylic oxidation sites excluding steroid dienone is 1. The summed E-state index contributed by atoms with van der Waals surface area (Å²) in [5.74, 6) is 0.342. The zero-order valence-electron chi connectivity index (χ0n) is 37.8. The number of imidazole rings is 1. The van der Waals surface area contributed by atoms with Gasteiger partial charge in [-0.05, 0) is 76.6 Å². The van der Waals surface area contributed by atoms with E-state index in [9.17, 15) is 19.2 Å². The first-order chi connectivity index (χ1) is 30.2. The maximum atomic E-state index is 14.1. The number of carbonyl (C=O) groups is 4. The number of ether oxygens (including phenoxy) is 2. The molecule has 3 N–H and O–H groups in total. The Morgan fingerprint density at radius 3 is 1.95 bits per heavy atom. The van der Waals surface area contributed by atoms with E-state index in [2.05, 4.69) is 89.4 Å². The highest BCUT2D eigenvalue weighted by molar-refractivity contribution is 6.78. The van der Waals surface area contributed by atoms with E-state index in [4.69, 9.17) is 19.5 Å². The standard InChI is InChI=1S/C49H61N7O6Si/c1-29(2)41(53-47(59)61-5)45(57)55-24-11-15-39(55)43-49(22-12-23-49)37(25-50-43)32-18-16-31(17-19-32)33-20-21-36(35-14-10-9-13-34(33)35)38-26-51-44(52-38)40-27-63(7,8)28-56(40)46(58)42(30(3)4)54-48(60)62-6/h9-10,13-14,16-21,25-26,29-30,39-42H,11-12,15,22-24,27-28H2,1-8H3,(H,51,52)(H,53,59)(H,54,60). The van der Waals surface area contributed by atoms with E-state index >= 15 is 0 Å². The van der Waals surface area contributed by atoms with E-state index in [-0.39, 0.29) is 41.1 Å². The molecule has 1 spiro atoms. The SMILES string of the molecule is COC(=O)NC(C(=O)N1CCCC1C1=NC=C(c2ccc(-c3ccc(-c4cnc(C5C[Si](C)(C)CN5C(=O)C(NC(=O)OC)C(C)C)[nH]4)c4ccccc34)cc2)C12CCC2)C(C)C. The molecule has 0 radical (unpaired) electrons. The Bertz CT molecular complexity index is 2470. The number of hydrogen-bond acceptors (Lipinski definition) is 8. The number of amides is 4. The number of nitrogens with zero attached hydrogens (tertiary/aromatic N) is 4. The molecule has 332 valence electrons. The maximum absolute atomic E-state index is 14.1. The highest BCUT2D eigenvalue weighted by Gasteiger charge is 2.53. The van der Waals surface area contributed by atoms with Crippen LogP contribution in [0.2, 0.25) is 19.1 Å². The van der Waals surface area contributed by atoms with Crippen LogP contribution < -0.4 is 10.6 Å². The molecule has 4 unspecified atom stereocenters. The van der Waals surface area contributed by atoms with Crippen molar-refractivity contribution < 1.29 is 28.7 Å². The predicted octanol–water partition coefficient (Wildman–Crippen LogP) is 8.75. The molecule has 3 fully saturated rings. The number of carbonyl (C=O) groups excluding carboxylic acids is 4. The van der Waals surface area contributed by atoms with Crippen molar-refractivity contribution >= 4 is 54.1 Å². The molecule has 14 heteroatoms. The molecule has 4 aliphatic rings. The Kier molecular flexibility index (Phi) is 12.1. The number of aromatic nitrogens is 2. The van der Waals surface area contributed by atoms with Crippen LogP contribution in [0.1, 0.15) is 77.2 Å².